The van der Waals surface area contributed by atoms with Crippen molar-refractivity contribution in [2.75, 3.05) is 7.05 Å². The molecule has 0 bridgehead atoms. The second kappa shape index (κ2) is 4.18. The summed E-state index contributed by atoms with van der Waals surface area (Å²) >= 11 is 0. The van der Waals surface area contributed by atoms with Crippen LogP contribution in [0.3, 0.4) is 0 Å². The van der Waals surface area contributed by atoms with Crippen LogP contribution >= 0.6 is 0 Å². The zero-order valence-corrected chi connectivity index (χ0v) is 9.27. The van der Waals surface area contributed by atoms with E-state index in [9.17, 15) is 4.79 Å². The van der Waals surface area contributed by atoms with Gasteiger partial charge < -0.3 is 5.32 Å². The van der Waals surface area contributed by atoms with Crippen molar-refractivity contribution in [2.45, 2.75) is 0 Å². The first kappa shape index (κ1) is 10.4. The number of hydrogen-bond acceptors (Lipinski definition) is 2. The topological polar surface area (TPSA) is 46.9 Å². The van der Waals surface area contributed by atoms with Gasteiger partial charge >= 0.3 is 0 Å². The lowest BCUT2D eigenvalue weighted by Crippen LogP contribution is -2.13. The summed E-state index contributed by atoms with van der Waals surface area (Å²) in [6, 6.07) is 5.96. The molecule has 1 amide bonds. The molecule has 1 aromatic heterocycles. The van der Waals surface area contributed by atoms with E-state index in [4.69, 9.17) is 0 Å². The maximum Gasteiger partial charge on any atom is 0.243 e. The van der Waals surface area contributed by atoms with Gasteiger partial charge in [0.2, 0.25) is 5.91 Å². The smallest absolute Gasteiger partial charge is 0.243 e. The number of aromatic nitrogens is 2. The Morgan fingerprint density at radius 1 is 1.50 bits per heavy atom. The predicted molar refractivity (Wildman–Crippen MR) is 63.8 cm³/mol. The molecule has 2 aromatic rings. The highest BCUT2D eigenvalue weighted by Gasteiger charge is 1.99. The van der Waals surface area contributed by atoms with Crippen molar-refractivity contribution in [1.82, 2.24) is 15.1 Å². The minimum atomic E-state index is -0.106. The van der Waals surface area contributed by atoms with Crippen molar-refractivity contribution in [1.29, 1.82) is 0 Å². The monoisotopic (exact) mass is 215 g/mol. The van der Waals surface area contributed by atoms with Gasteiger partial charge in [0.05, 0.1) is 11.7 Å². The molecule has 0 radical (unpaired) electrons. The molecule has 0 fully saturated rings. The first-order valence-electron chi connectivity index (χ1n) is 5.02. The van der Waals surface area contributed by atoms with Crippen LogP contribution in [0.25, 0.3) is 17.0 Å². The zero-order chi connectivity index (χ0) is 11.5. The minimum absolute atomic E-state index is 0.106. The van der Waals surface area contributed by atoms with Gasteiger partial charge in [0.25, 0.3) is 0 Å². The third kappa shape index (κ3) is 1.95. The first-order valence-corrected chi connectivity index (χ1v) is 5.02. The van der Waals surface area contributed by atoms with Crippen LogP contribution < -0.4 is 5.32 Å². The van der Waals surface area contributed by atoms with Crippen LogP contribution in [0.15, 0.2) is 30.5 Å². The van der Waals surface area contributed by atoms with Gasteiger partial charge in [-0.3, -0.25) is 9.48 Å². The molecule has 1 aromatic carbocycles. The van der Waals surface area contributed by atoms with Crippen LogP contribution in [0.5, 0.6) is 0 Å². The lowest BCUT2D eigenvalue weighted by molar-refractivity contribution is -0.115. The zero-order valence-electron chi connectivity index (χ0n) is 9.27. The average Bonchev–Trinajstić information content (AvgIpc) is 2.68. The number of benzene rings is 1. The number of nitrogens with one attached hydrogen (secondary N) is 1. The van der Waals surface area contributed by atoms with Crippen LogP contribution in [0.4, 0.5) is 0 Å². The molecule has 0 aliphatic rings. The maximum absolute atomic E-state index is 11.1. The van der Waals surface area contributed by atoms with Crippen LogP contribution in [-0.4, -0.2) is 22.7 Å². The van der Waals surface area contributed by atoms with Gasteiger partial charge in [0, 0.05) is 25.6 Å². The summed E-state index contributed by atoms with van der Waals surface area (Å²) in [5.74, 6) is -0.106. The summed E-state index contributed by atoms with van der Waals surface area (Å²) in [7, 11) is 3.51. The van der Waals surface area contributed by atoms with E-state index in [0.29, 0.717) is 0 Å². The standard InChI is InChI=1S/C12H13N3O/c1-13-12(16)6-4-9-3-5-10-8-14-15(2)11(10)7-9/h3-8H,1-2H3,(H,13,16)/b6-4+. The van der Waals surface area contributed by atoms with E-state index >= 15 is 0 Å². The van der Waals surface area contributed by atoms with Crippen LogP contribution in [0.1, 0.15) is 5.56 Å². The summed E-state index contributed by atoms with van der Waals surface area (Å²) in [5, 5.41) is 7.79. The maximum atomic E-state index is 11.1. The van der Waals surface area contributed by atoms with Gasteiger partial charge in [-0.1, -0.05) is 12.1 Å². The number of hydrogen-bond donors (Lipinski definition) is 1. The Kier molecular flexibility index (Phi) is 2.72. The molecule has 0 saturated heterocycles. The fraction of sp³-hybridized carbons (Fsp3) is 0.167. The normalized spacial score (nSPS) is 11.1. The number of amides is 1. The molecule has 82 valence electrons. The second-order valence-electron chi connectivity index (χ2n) is 3.53. The Labute approximate surface area is 93.6 Å². The summed E-state index contributed by atoms with van der Waals surface area (Å²) in [6.07, 6.45) is 5.12. The van der Waals surface area contributed by atoms with Crippen molar-refractivity contribution in [3.63, 3.8) is 0 Å². The van der Waals surface area contributed by atoms with Gasteiger partial charge in [-0.2, -0.15) is 5.10 Å². The molecule has 16 heavy (non-hydrogen) atoms. The van der Waals surface area contributed by atoms with Gasteiger partial charge in [0.1, 0.15) is 0 Å². The number of rotatable bonds is 2. The Morgan fingerprint density at radius 3 is 3.06 bits per heavy atom. The summed E-state index contributed by atoms with van der Waals surface area (Å²) < 4.78 is 1.81. The molecule has 1 heterocycles. The van der Waals surface area contributed by atoms with E-state index < -0.39 is 0 Å². The summed E-state index contributed by atoms with van der Waals surface area (Å²) in [6.45, 7) is 0. The van der Waals surface area contributed by atoms with Crippen LogP contribution in [-0.2, 0) is 11.8 Å². The number of fused-ring (bicyclic) bond motifs is 1. The molecule has 4 nitrogen and oxygen atoms in total. The average molecular weight is 215 g/mol. The molecule has 0 saturated carbocycles. The predicted octanol–water partition coefficient (Wildman–Crippen LogP) is 1.33. The SMILES string of the molecule is CNC(=O)/C=C/c1ccc2cnn(C)c2c1. The Hall–Kier alpha value is -2.10. The lowest BCUT2D eigenvalue weighted by Gasteiger charge is -1.97. The van der Waals surface area contributed by atoms with E-state index in [0.717, 1.165) is 16.5 Å². The largest absolute Gasteiger partial charge is 0.356 e. The molecule has 0 atom stereocenters. The quantitative estimate of drug-likeness (QED) is 0.768. The van der Waals surface area contributed by atoms with E-state index in [1.807, 2.05) is 36.1 Å². The lowest BCUT2D eigenvalue weighted by atomic mass is 10.1. The van der Waals surface area contributed by atoms with Crippen LogP contribution in [0.2, 0.25) is 0 Å². The molecular formula is C12H13N3O. The van der Waals surface area contributed by atoms with E-state index in [1.54, 1.807) is 13.1 Å². The highest BCUT2D eigenvalue weighted by molar-refractivity contribution is 5.92. The highest BCUT2D eigenvalue weighted by atomic mass is 16.1. The molecule has 0 unspecified atom stereocenters. The van der Waals surface area contributed by atoms with E-state index in [-0.39, 0.29) is 5.91 Å². The Morgan fingerprint density at radius 2 is 2.31 bits per heavy atom. The van der Waals surface area contributed by atoms with Crippen molar-refractivity contribution in [3.05, 3.63) is 36.0 Å². The highest BCUT2D eigenvalue weighted by Crippen LogP contribution is 2.15. The molecule has 4 heteroatoms. The van der Waals surface area contributed by atoms with Crippen molar-refractivity contribution in [3.8, 4) is 0 Å². The van der Waals surface area contributed by atoms with Crippen molar-refractivity contribution < 1.29 is 4.79 Å². The second-order valence-corrected chi connectivity index (χ2v) is 3.53. The number of likely N-dealkylation sites (N-methyl/N-ethyl adjacent to an activating group) is 1. The fourth-order valence-electron chi connectivity index (χ4n) is 1.52. The van der Waals surface area contributed by atoms with Gasteiger partial charge in [-0.15, -0.1) is 0 Å². The van der Waals surface area contributed by atoms with Gasteiger partial charge in [-0.05, 0) is 17.7 Å². The van der Waals surface area contributed by atoms with Crippen molar-refractivity contribution >= 4 is 22.9 Å². The van der Waals surface area contributed by atoms with Gasteiger partial charge in [0.15, 0.2) is 0 Å². The van der Waals surface area contributed by atoms with E-state index in [2.05, 4.69) is 10.4 Å². The molecule has 1 N–H and O–H groups in total. The summed E-state index contributed by atoms with van der Waals surface area (Å²) in [4.78, 5) is 11.1. The number of aryl methyl sites for hydroxylation is 1. The molecule has 0 aliphatic heterocycles. The Bertz CT molecular complexity index is 554. The van der Waals surface area contributed by atoms with E-state index in [1.165, 1.54) is 6.08 Å². The van der Waals surface area contributed by atoms with Gasteiger partial charge in [-0.25, -0.2) is 0 Å². The number of carbonyl (C=O) groups is 1. The third-order valence-corrected chi connectivity index (χ3v) is 2.45. The van der Waals surface area contributed by atoms with Crippen LogP contribution in [0, 0.1) is 0 Å². The summed E-state index contributed by atoms with van der Waals surface area (Å²) in [5.41, 5.74) is 2.04. The first-order chi connectivity index (χ1) is 7.70. The number of carbonyl (C=O) groups excluding carboxylic acids is 1. The molecule has 2 rings (SSSR count). The Balaban J connectivity index is 2.35. The fourth-order valence-corrected chi connectivity index (χ4v) is 1.52. The molecular weight excluding hydrogens is 202 g/mol. The number of nitrogens with zero attached hydrogens (tertiary/aromatic N) is 2. The molecule has 0 spiro atoms. The minimum Gasteiger partial charge on any atom is -0.356 e. The molecule has 0 aliphatic carbocycles. The van der Waals surface area contributed by atoms with Crippen molar-refractivity contribution in [2.24, 2.45) is 7.05 Å². The third-order valence-electron chi connectivity index (χ3n) is 2.45.